The zero-order valence-electron chi connectivity index (χ0n) is 12.4. The van der Waals surface area contributed by atoms with Crippen LogP contribution in [-0.2, 0) is 6.42 Å². The third kappa shape index (κ3) is 3.37. The summed E-state index contributed by atoms with van der Waals surface area (Å²) in [5, 5.41) is 3.63. The fourth-order valence-corrected chi connectivity index (χ4v) is 2.78. The quantitative estimate of drug-likeness (QED) is 0.872. The van der Waals surface area contributed by atoms with E-state index in [1.807, 2.05) is 6.92 Å². The third-order valence-corrected chi connectivity index (χ3v) is 4.08. The average molecular weight is 262 g/mol. The highest BCUT2D eigenvalue weighted by Crippen LogP contribution is 2.32. The highest BCUT2D eigenvalue weighted by molar-refractivity contribution is 5.56. The summed E-state index contributed by atoms with van der Waals surface area (Å²) in [6, 6.07) is 0. The number of nitrogen functional groups attached to an aromatic ring is 1. The summed E-state index contributed by atoms with van der Waals surface area (Å²) >= 11 is 0. The normalized spacial score (nSPS) is 18.3. The van der Waals surface area contributed by atoms with Crippen molar-refractivity contribution in [2.45, 2.75) is 71.3 Å². The van der Waals surface area contributed by atoms with Gasteiger partial charge in [0.05, 0.1) is 0 Å². The second-order valence-corrected chi connectivity index (χ2v) is 6.00. The molecule has 19 heavy (non-hydrogen) atoms. The maximum Gasteiger partial charge on any atom is 0.135 e. The summed E-state index contributed by atoms with van der Waals surface area (Å²) in [7, 11) is 0. The number of nitrogens with one attached hydrogen (secondary N) is 1. The van der Waals surface area contributed by atoms with Crippen LogP contribution in [0.1, 0.15) is 63.8 Å². The van der Waals surface area contributed by atoms with Gasteiger partial charge in [0.15, 0.2) is 0 Å². The lowest BCUT2D eigenvalue weighted by atomic mass is 9.83. The van der Waals surface area contributed by atoms with Crippen LogP contribution < -0.4 is 11.1 Å². The third-order valence-electron chi connectivity index (χ3n) is 4.08. The second kappa shape index (κ2) is 5.76. The lowest BCUT2D eigenvalue weighted by Gasteiger charge is -2.35. The monoisotopic (exact) mass is 262 g/mol. The van der Waals surface area contributed by atoms with Crippen LogP contribution in [0.2, 0.25) is 0 Å². The summed E-state index contributed by atoms with van der Waals surface area (Å²) in [6.45, 7) is 6.43. The van der Waals surface area contributed by atoms with Gasteiger partial charge in [0.1, 0.15) is 17.5 Å². The number of aromatic nitrogens is 2. The Labute approximate surface area is 116 Å². The molecule has 106 valence electrons. The number of hydrogen-bond donors (Lipinski definition) is 2. The van der Waals surface area contributed by atoms with Crippen molar-refractivity contribution in [2.24, 2.45) is 0 Å². The van der Waals surface area contributed by atoms with Gasteiger partial charge in [0, 0.05) is 17.5 Å². The molecule has 1 aromatic rings. The first-order valence-corrected chi connectivity index (χ1v) is 7.45. The molecule has 1 aliphatic carbocycles. The molecule has 0 radical (unpaired) electrons. The minimum absolute atomic E-state index is 0.160. The van der Waals surface area contributed by atoms with E-state index in [-0.39, 0.29) is 5.54 Å². The fourth-order valence-electron chi connectivity index (χ4n) is 2.78. The predicted molar refractivity (Wildman–Crippen MR) is 80.3 cm³/mol. The molecule has 1 saturated carbocycles. The molecule has 0 unspecified atom stereocenters. The molecular weight excluding hydrogens is 236 g/mol. The Morgan fingerprint density at radius 3 is 2.53 bits per heavy atom. The van der Waals surface area contributed by atoms with E-state index in [4.69, 9.17) is 5.73 Å². The van der Waals surface area contributed by atoms with Crippen molar-refractivity contribution in [2.75, 3.05) is 11.1 Å². The zero-order chi connectivity index (χ0) is 13.9. The van der Waals surface area contributed by atoms with Crippen LogP contribution >= 0.6 is 0 Å². The number of aryl methyl sites for hydroxylation is 1. The summed E-state index contributed by atoms with van der Waals surface area (Å²) in [6.07, 6.45) is 8.28. The van der Waals surface area contributed by atoms with E-state index in [9.17, 15) is 0 Å². The molecule has 2 rings (SSSR count). The van der Waals surface area contributed by atoms with Gasteiger partial charge in [0.25, 0.3) is 0 Å². The molecule has 1 heterocycles. The number of nitrogens with two attached hydrogens (primary N) is 1. The first kappa shape index (κ1) is 14.1. The van der Waals surface area contributed by atoms with Crippen molar-refractivity contribution >= 4 is 11.6 Å². The topological polar surface area (TPSA) is 63.8 Å². The van der Waals surface area contributed by atoms with Gasteiger partial charge in [-0.15, -0.1) is 0 Å². The van der Waals surface area contributed by atoms with E-state index in [0.717, 1.165) is 30.0 Å². The Morgan fingerprint density at radius 1 is 1.21 bits per heavy atom. The Balaban J connectivity index is 2.22. The van der Waals surface area contributed by atoms with Crippen molar-refractivity contribution in [3.8, 4) is 0 Å². The van der Waals surface area contributed by atoms with Crippen LogP contribution in [0, 0.1) is 6.92 Å². The van der Waals surface area contributed by atoms with Gasteiger partial charge in [-0.2, -0.15) is 0 Å². The van der Waals surface area contributed by atoms with E-state index >= 15 is 0 Å². The van der Waals surface area contributed by atoms with Crippen molar-refractivity contribution < 1.29 is 0 Å². The van der Waals surface area contributed by atoms with Crippen LogP contribution in [-0.4, -0.2) is 15.5 Å². The number of hydrogen-bond acceptors (Lipinski definition) is 4. The molecule has 0 atom stereocenters. The number of nitrogens with zero attached hydrogens (tertiary/aromatic N) is 2. The van der Waals surface area contributed by atoms with Gasteiger partial charge in [-0.1, -0.05) is 26.2 Å². The summed E-state index contributed by atoms with van der Waals surface area (Å²) in [5.74, 6) is 2.40. The average Bonchev–Trinajstić information content (AvgIpc) is 2.36. The van der Waals surface area contributed by atoms with Gasteiger partial charge in [-0.05, 0) is 33.1 Å². The molecule has 0 saturated heterocycles. The lowest BCUT2D eigenvalue weighted by molar-refractivity contribution is 0.348. The molecule has 4 heteroatoms. The highest BCUT2D eigenvalue weighted by atomic mass is 15.1. The first-order chi connectivity index (χ1) is 9.04. The fraction of sp³-hybridized carbons (Fsp3) is 0.733. The van der Waals surface area contributed by atoms with Crippen LogP contribution in [0.25, 0.3) is 0 Å². The van der Waals surface area contributed by atoms with Crippen molar-refractivity contribution in [1.82, 2.24) is 9.97 Å². The van der Waals surface area contributed by atoms with E-state index in [0.29, 0.717) is 5.82 Å². The molecule has 1 fully saturated rings. The standard InChI is InChI=1S/C15H26N4/c1-4-8-12-17-13(16)11(2)14(18-12)19-15(3)9-6-5-7-10-15/h4-10H2,1-3H3,(H3,16,17,18,19). The summed E-state index contributed by atoms with van der Waals surface area (Å²) in [4.78, 5) is 9.03. The molecule has 4 nitrogen and oxygen atoms in total. The maximum atomic E-state index is 6.01. The maximum absolute atomic E-state index is 6.01. The number of rotatable bonds is 4. The van der Waals surface area contributed by atoms with Crippen molar-refractivity contribution in [3.05, 3.63) is 11.4 Å². The van der Waals surface area contributed by atoms with Crippen LogP contribution in [0.3, 0.4) is 0 Å². The smallest absolute Gasteiger partial charge is 0.135 e. The first-order valence-electron chi connectivity index (χ1n) is 7.45. The van der Waals surface area contributed by atoms with Crippen LogP contribution in [0.5, 0.6) is 0 Å². The molecule has 0 aromatic carbocycles. The minimum atomic E-state index is 0.160. The molecule has 1 aliphatic rings. The van der Waals surface area contributed by atoms with E-state index in [1.165, 1.54) is 32.1 Å². The second-order valence-electron chi connectivity index (χ2n) is 6.00. The van der Waals surface area contributed by atoms with E-state index in [1.54, 1.807) is 0 Å². The Kier molecular flexibility index (Phi) is 4.27. The van der Waals surface area contributed by atoms with E-state index in [2.05, 4.69) is 29.1 Å². The summed E-state index contributed by atoms with van der Waals surface area (Å²) in [5.41, 5.74) is 7.15. The van der Waals surface area contributed by atoms with Crippen LogP contribution in [0.4, 0.5) is 11.6 Å². The van der Waals surface area contributed by atoms with Gasteiger partial charge in [-0.3, -0.25) is 0 Å². The molecule has 0 aliphatic heterocycles. The van der Waals surface area contributed by atoms with Gasteiger partial charge < -0.3 is 11.1 Å². The van der Waals surface area contributed by atoms with Gasteiger partial charge in [0.2, 0.25) is 0 Å². The summed E-state index contributed by atoms with van der Waals surface area (Å²) < 4.78 is 0. The van der Waals surface area contributed by atoms with Crippen molar-refractivity contribution in [1.29, 1.82) is 0 Å². The molecular formula is C15H26N4. The Hall–Kier alpha value is -1.32. The molecule has 0 spiro atoms. The molecule has 1 aromatic heterocycles. The lowest BCUT2D eigenvalue weighted by Crippen LogP contribution is -2.37. The van der Waals surface area contributed by atoms with Gasteiger partial charge >= 0.3 is 0 Å². The Bertz CT molecular complexity index is 436. The SMILES string of the molecule is CCCc1nc(N)c(C)c(NC2(C)CCCCC2)n1. The Morgan fingerprint density at radius 2 is 1.89 bits per heavy atom. The molecule has 0 amide bonds. The van der Waals surface area contributed by atoms with Crippen LogP contribution in [0.15, 0.2) is 0 Å². The molecule has 3 N–H and O–H groups in total. The van der Waals surface area contributed by atoms with E-state index < -0.39 is 0 Å². The zero-order valence-corrected chi connectivity index (χ0v) is 12.4. The highest BCUT2D eigenvalue weighted by Gasteiger charge is 2.27. The predicted octanol–water partition coefficient (Wildman–Crippen LogP) is 3.45. The van der Waals surface area contributed by atoms with Crippen molar-refractivity contribution in [3.63, 3.8) is 0 Å². The number of anilines is 2. The van der Waals surface area contributed by atoms with Gasteiger partial charge in [-0.25, -0.2) is 9.97 Å². The largest absolute Gasteiger partial charge is 0.383 e. The minimum Gasteiger partial charge on any atom is -0.383 e. The molecule has 0 bridgehead atoms.